The van der Waals surface area contributed by atoms with Crippen molar-refractivity contribution in [1.29, 1.82) is 0 Å². The zero-order valence-electron chi connectivity index (χ0n) is 11.2. The number of phenolic OH excluding ortho intramolecular Hbond substituents is 1. The van der Waals surface area contributed by atoms with E-state index in [0.717, 1.165) is 0 Å². The molecule has 0 unspecified atom stereocenters. The molecule has 0 fully saturated rings. The van der Waals surface area contributed by atoms with Crippen LogP contribution in [0.4, 0.5) is 17.1 Å². The molecule has 2 aromatic carbocycles. The van der Waals surface area contributed by atoms with Crippen LogP contribution in [-0.2, 0) is 0 Å². The zero-order chi connectivity index (χ0) is 15.5. The molecule has 0 saturated carbocycles. The first-order chi connectivity index (χ1) is 10.6. The van der Waals surface area contributed by atoms with Gasteiger partial charge in [-0.1, -0.05) is 6.07 Å². The van der Waals surface area contributed by atoms with Crippen molar-refractivity contribution in [3.05, 3.63) is 64.8 Å². The highest BCUT2D eigenvalue weighted by Gasteiger charge is 2.07. The van der Waals surface area contributed by atoms with Crippen molar-refractivity contribution in [3.63, 3.8) is 0 Å². The maximum Gasteiger partial charge on any atom is 0.271 e. The van der Waals surface area contributed by atoms with E-state index in [1.165, 1.54) is 18.2 Å². The average molecular weight is 294 g/mol. The Hall–Kier alpha value is -3.35. The molecule has 0 aliphatic heterocycles. The van der Waals surface area contributed by atoms with E-state index in [1.807, 2.05) is 0 Å². The number of pyridine rings is 1. The van der Waals surface area contributed by atoms with Gasteiger partial charge in [0.2, 0.25) is 0 Å². The molecule has 7 heteroatoms. The van der Waals surface area contributed by atoms with Crippen LogP contribution in [0.2, 0.25) is 0 Å². The molecular formula is C15H10N4O3. The molecule has 0 atom stereocenters. The SMILES string of the molecule is O=[N+]([O-])c1cccc(N=Nc2ccc(O)c3ncccc23)c1. The van der Waals surface area contributed by atoms with Crippen molar-refractivity contribution in [2.75, 3.05) is 0 Å². The number of rotatable bonds is 3. The first kappa shape index (κ1) is 13.6. The Balaban J connectivity index is 2.01. The number of phenols is 1. The second-order valence-electron chi connectivity index (χ2n) is 4.48. The van der Waals surface area contributed by atoms with Crippen molar-refractivity contribution in [3.8, 4) is 5.75 Å². The number of nitro groups is 1. The summed E-state index contributed by atoms with van der Waals surface area (Å²) in [5.41, 5.74) is 1.28. The molecule has 3 rings (SSSR count). The summed E-state index contributed by atoms with van der Waals surface area (Å²) in [6, 6.07) is 12.5. The van der Waals surface area contributed by atoms with E-state index in [-0.39, 0.29) is 11.4 Å². The Morgan fingerprint density at radius 2 is 1.95 bits per heavy atom. The number of nitro benzene ring substituents is 1. The van der Waals surface area contributed by atoms with Crippen molar-refractivity contribution in [2.24, 2.45) is 10.2 Å². The second-order valence-corrected chi connectivity index (χ2v) is 4.48. The van der Waals surface area contributed by atoms with E-state index in [9.17, 15) is 15.2 Å². The van der Waals surface area contributed by atoms with E-state index in [4.69, 9.17) is 0 Å². The molecule has 108 valence electrons. The van der Waals surface area contributed by atoms with Gasteiger partial charge in [0.15, 0.2) is 0 Å². The standard InChI is InChI=1S/C15H10N4O3/c20-14-7-6-13(12-5-2-8-16-15(12)14)18-17-10-3-1-4-11(9-10)19(21)22/h1-9,20H. The lowest BCUT2D eigenvalue weighted by molar-refractivity contribution is -0.384. The Morgan fingerprint density at radius 3 is 2.77 bits per heavy atom. The van der Waals surface area contributed by atoms with E-state index in [1.54, 1.807) is 36.5 Å². The smallest absolute Gasteiger partial charge is 0.271 e. The molecule has 0 spiro atoms. The summed E-state index contributed by atoms with van der Waals surface area (Å²) in [5, 5.41) is 29.3. The molecule has 0 aliphatic carbocycles. The maximum atomic E-state index is 10.7. The molecule has 1 heterocycles. The zero-order valence-corrected chi connectivity index (χ0v) is 11.2. The predicted octanol–water partition coefficient (Wildman–Crippen LogP) is 4.26. The normalized spacial score (nSPS) is 11.1. The van der Waals surface area contributed by atoms with Crippen molar-refractivity contribution in [2.45, 2.75) is 0 Å². The van der Waals surface area contributed by atoms with Crippen molar-refractivity contribution >= 4 is 28.0 Å². The third kappa shape index (κ3) is 2.59. The van der Waals surface area contributed by atoms with Crippen molar-refractivity contribution < 1.29 is 10.0 Å². The molecule has 0 saturated heterocycles. The lowest BCUT2D eigenvalue weighted by Gasteiger charge is -2.02. The molecular weight excluding hydrogens is 284 g/mol. The van der Waals surface area contributed by atoms with Gasteiger partial charge in [0.05, 0.1) is 16.3 Å². The largest absolute Gasteiger partial charge is 0.506 e. The fourth-order valence-electron chi connectivity index (χ4n) is 2.01. The van der Waals surface area contributed by atoms with Gasteiger partial charge >= 0.3 is 0 Å². The number of azo groups is 1. The lowest BCUT2D eigenvalue weighted by Crippen LogP contribution is -1.85. The van der Waals surface area contributed by atoms with Gasteiger partial charge in [0.1, 0.15) is 11.3 Å². The number of fused-ring (bicyclic) bond motifs is 1. The Kier molecular flexibility index (Phi) is 3.45. The van der Waals surface area contributed by atoms with Gasteiger partial charge in [-0.25, -0.2) is 0 Å². The van der Waals surface area contributed by atoms with Gasteiger partial charge in [-0.15, -0.1) is 5.11 Å². The van der Waals surface area contributed by atoms with Crippen LogP contribution >= 0.6 is 0 Å². The third-order valence-electron chi connectivity index (χ3n) is 3.04. The number of aromatic nitrogens is 1. The second kappa shape index (κ2) is 5.57. The first-order valence-corrected chi connectivity index (χ1v) is 6.38. The molecule has 0 radical (unpaired) electrons. The minimum Gasteiger partial charge on any atom is -0.506 e. The fraction of sp³-hybridized carbons (Fsp3) is 0. The molecule has 1 aromatic heterocycles. The Morgan fingerprint density at radius 1 is 1.09 bits per heavy atom. The third-order valence-corrected chi connectivity index (χ3v) is 3.04. The number of hydrogen-bond donors (Lipinski definition) is 1. The van der Waals surface area contributed by atoms with Gasteiger partial charge in [-0.2, -0.15) is 5.11 Å². The van der Waals surface area contributed by atoms with Crippen LogP contribution in [0.3, 0.4) is 0 Å². The molecule has 0 amide bonds. The topological polar surface area (TPSA) is 101 Å². The summed E-state index contributed by atoms with van der Waals surface area (Å²) in [6.45, 7) is 0. The highest BCUT2D eigenvalue weighted by Crippen LogP contribution is 2.32. The van der Waals surface area contributed by atoms with Crippen LogP contribution in [0, 0.1) is 10.1 Å². The number of hydrogen-bond acceptors (Lipinski definition) is 6. The van der Waals surface area contributed by atoms with Crippen LogP contribution in [0.15, 0.2) is 65.0 Å². The summed E-state index contributed by atoms with van der Waals surface area (Å²) < 4.78 is 0. The average Bonchev–Trinajstić information content (AvgIpc) is 2.55. The van der Waals surface area contributed by atoms with E-state index in [2.05, 4.69) is 15.2 Å². The number of benzene rings is 2. The van der Waals surface area contributed by atoms with E-state index in [0.29, 0.717) is 22.3 Å². The van der Waals surface area contributed by atoms with Crippen LogP contribution in [0.25, 0.3) is 10.9 Å². The Bertz CT molecular complexity index is 893. The van der Waals surface area contributed by atoms with E-state index < -0.39 is 4.92 Å². The van der Waals surface area contributed by atoms with Gasteiger partial charge in [-0.05, 0) is 30.3 Å². The van der Waals surface area contributed by atoms with E-state index >= 15 is 0 Å². The monoisotopic (exact) mass is 294 g/mol. The molecule has 0 aliphatic rings. The molecule has 22 heavy (non-hydrogen) atoms. The molecule has 7 nitrogen and oxygen atoms in total. The maximum absolute atomic E-state index is 10.7. The quantitative estimate of drug-likeness (QED) is 0.443. The van der Waals surface area contributed by atoms with Gasteiger partial charge in [0, 0.05) is 23.7 Å². The number of nitrogens with zero attached hydrogens (tertiary/aromatic N) is 4. The van der Waals surface area contributed by atoms with Gasteiger partial charge in [-0.3, -0.25) is 15.1 Å². The summed E-state index contributed by atoms with van der Waals surface area (Å²) in [5.74, 6) is 0.0601. The number of aromatic hydroxyl groups is 1. The summed E-state index contributed by atoms with van der Waals surface area (Å²) in [6.07, 6.45) is 1.57. The predicted molar refractivity (Wildman–Crippen MR) is 80.7 cm³/mol. The number of non-ortho nitro benzene ring substituents is 1. The van der Waals surface area contributed by atoms with Gasteiger partial charge < -0.3 is 5.11 Å². The Labute approximate surface area is 124 Å². The van der Waals surface area contributed by atoms with Crippen LogP contribution < -0.4 is 0 Å². The van der Waals surface area contributed by atoms with Gasteiger partial charge in [0.25, 0.3) is 5.69 Å². The van der Waals surface area contributed by atoms with Crippen LogP contribution in [0.5, 0.6) is 5.75 Å². The highest BCUT2D eigenvalue weighted by molar-refractivity contribution is 5.93. The van der Waals surface area contributed by atoms with Crippen LogP contribution in [0.1, 0.15) is 0 Å². The van der Waals surface area contributed by atoms with Crippen molar-refractivity contribution in [1.82, 2.24) is 4.98 Å². The summed E-state index contributed by atoms with van der Waals surface area (Å²) in [4.78, 5) is 14.3. The first-order valence-electron chi connectivity index (χ1n) is 6.38. The molecule has 0 bridgehead atoms. The highest BCUT2D eigenvalue weighted by atomic mass is 16.6. The molecule has 3 aromatic rings. The summed E-state index contributed by atoms with van der Waals surface area (Å²) >= 11 is 0. The minimum atomic E-state index is -0.487. The minimum absolute atomic E-state index is 0.0475. The lowest BCUT2D eigenvalue weighted by atomic mass is 10.2. The van der Waals surface area contributed by atoms with Crippen LogP contribution in [-0.4, -0.2) is 15.0 Å². The fourth-order valence-corrected chi connectivity index (χ4v) is 2.01. The summed E-state index contributed by atoms with van der Waals surface area (Å²) in [7, 11) is 0. The molecule has 1 N–H and O–H groups in total.